The molecule has 3 rings (SSSR count). The summed E-state index contributed by atoms with van der Waals surface area (Å²) in [5.74, 6) is 0.930. The Balaban J connectivity index is 1.50. The molecule has 0 bridgehead atoms. The summed E-state index contributed by atoms with van der Waals surface area (Å²) in [6.07, 6.45) is 8.78. The standard InChI is InChI=1S/C14H26N2O/c1-2-4-14-13(3-1)16(9-10-17-14)8-6-12-5-7-15-11-12/h12-15H,1-11H2. The molecule has 3 aliphatic rings. The molecule has 3 atom stereocenters. The minimum Gasteiger partial charge on any atom is -0.375 e. The number of fused-ring (bicyclic) bond motifs is 1. The lowest BCUT2D eigenvalue weighted by Crippen LogP contribution is -2.53. The highest BCUT2D eigenvalue weighted by molar-refractivity contribution is 4.87. The molecule has 2 heterocycles. The van der Waals surface area contributed by atoms with Gasteiger partial charge in [0, 0.05) is 12.6 Å². The third-order valence-electron chi connectivity index (χ3n) is 4.83. The van der Waals surface area contributed by atoms with Crippen LogP contribution in [0.1, 0.15) is 38.5 Å². The van der Waals surface area contributed by atoms with Gasteiger partial charge in [0.05, 0.1) is 12.7 Å². The first-order chi connectivity index (χ1) is 8.43. The van der Waals surface area contributed by atoms with Gasteiger partial charge in [0.15, 0.2) is 0 Å². The Morgan fingerprint density at radius 3 is 3.00 bits per heavy atom. The second-order valence-electron chi connectivity index (χ2n) is 5.94. The molecular weight excluding hydrogens is 212 g/mol. The lowest BCUT2D eigenvalue weighted by atomic mass is 9.89. The van der Waals surface area contributed by atoms with Crippen LogP contribution < -0.4 is 5.32 Å². The zero-order chi connectivity index (χ0) is 11.5. The summed E-state index contributed by atoms with van der Waals surface area (Å²) in [6.45, 7) is 5.92. The van der Waals surface area contributed by atoms with E-state index in [1.54, 1.807) is 0 Å². The van der Waals surface area contributed by atoms with Crippen molar-refractivity contribution in [2.24, 2.45) is 5.92 Å². The second kappa shape index (κ2) is 5.68. The van der Waals surface area contributed by atoms with Crippen LogP contribution in [0.25, 0.3) is 0 Å². The maximum absolute atomic E-state index is 5.93. The fourth-order valence-electron chi connectivity index (χ4n) is 3.76. The molecule has 1 N–H and O–H groups in total. The van der Waals surface area contributed by atoms with Crippen LogP contribution in [0.3, 0.4) is 0 Å². The fourth-order valence-corrected chi connectivity index (χ4v) is 3.76. The van der Waals surface area contributed by atoms with E-state index in [4.69, 9.17) is 4.74 Å². The van der Waals surface area contributed by atoms with Gasteiger partial charge < -0.3 is 10.1 Å². The fraction of sp³-hybridized carbons (Fsp3) is 1.00. The van der Waals surface area contributed by atoms with Crippen molar-refractivity contribution in [3.05, 3.63) is 0 Å². The van der Waals surface area contributed by atoms with E-state index in [-0.39, 0.29) is 0 Å². The van der Waals surface area contributed by atoms with E-state index in [0.717, 1.165) is 18.6 Å². The van der Waals surface area contributed by atoms with Crippen LogP contribution in [0, 0.1) is 5.92 Å². The topological polar surface area (TPSA) is 24.5 Å². The first-order valence-corrected chi connectivity index (χ1v) is 7.50. The van der Waals surface area contributed by atoms with E-state index in [1.807, 2.05) is 0 Å². The summed E-state index contributed by atoms with van der Waals surface area (Å²) in [6, 6.07) is 0.742. The normalized spacial score (nSPS) is 39.2. The molecule has 0 aromatic carbocycles. The highest BCUT2D eigenvalue weighted by atomic mass is 16.5. The highest BCUT2D eigenvalue weighted by Gasteiger charge is 2.34. The van der Waals surface area contributed by atoms with Gasteiger partial charge in [-0.05, 0) is 51.2 Å². The number of nitrogens with zero attached hydrogens (tertiary/aromatic N) is 1. The Hall–Kier alpha value is -0.120. The average molecular weight is 238 g/mol. The summed E-state index contributed by atoms with van der Waals surface area (Å²) in [5.41, 5.74) is 0. The lowest BCUT2D eigenvalue weighted by Gasteiger charge is -2.44. The number of nitrogens with one attached hydrogen (secondary N) is 1. The van der Waals surface area contributed by atoms with Gasteiger partial charge >= 0.3 is 0 Å². The maximum atomic E-state index is 5.93. The van der Waals surface area contributed by atoms with Crippen LogP contribution in [0.2, 0.25) is 0 Å². The van der Waals surface area contributed by atoms with Gasteiger partial charge in [0.2, 0.25) is 0 Å². The van der Waals surface area contributed by atoms with E-state index >= 15 is 0 Å². The number of morpholine rings is 1. The predicted octanol–water partition coefficient (Wildman–Crippen LogP) is 1.63. The van der Waals surface area contributed by atoms with Crippen molar-refractivity contribution in [1.82, 2.24) is 10.2 Å². The van der Waals surface area contributed by atoms with Crippen molar-refractivity contribution < 1.29 is 4.74 Å². The van der Waals surface area contributed by atoms with Crippen molar-refractivity contribution in [2.45, 2.75) is 50.7 Å². The minimum atomic E-state index is 0.555. The van der Waals surface area contributed by atoms with Gasteiger partial charge in [-0.15, -0.1) is 0 Å². The van der Waals surface area contributed by atoms with Crippen LogP contribution in [0.5, 0.6) is 0 Å². The molecule has 0 spiro atoms. The summed E-state index contributed by atoms with van der Waals surface area (Å²) < 4.78 is 5.93. The van der Waals surface area contributed by atoms with Gasteiger partial charge in [-0.3, -0.25) is 4.90 Å². The summed E-state index contributed by atoms with van der Waals surface area (Å²) >= 11 is 0. The van der Waals surface area contributed by atoms with Crippen molar-refractivity contribution in [2.75, 3.05) is 32.8 Å². The van der Waals surface area contributed by atoms with E-state index in [0.29, 0.717) is 6.10 Å². The van der Waals surface area contributed by atoms with Gasteiger partial charge in [-0.25, -0.2) is 0 Å². The zero-order valence-electron chi connectivity index (χ0n) is 10.9. The molecule has 0 aromatic heterocycles. The Labute approximate surface area is 105 Å². The molecule has 0 aromatic rings. The van der Waals surface area contributed by atoms with Crippen molar-refractivity contribution >= 4 is 0 Å². The third-order valence-corrected chi connectivity index (χ3v) is 4.83. The van der Waals surface area contributed by atoms with Crippen LogP contribution in [-0.2, 0) is 4.74 Å². The Bertz CT molecular complexity index is 238. The van der Waals surface area contributed by atoms with Gasteiger partial charge in [0.25, 0.3) is 0 Å². The van der Waals surface area contributed by atoms with Crippen molar-refractivity contribution in [3.8, 4) is 0 Å². The highest BCUT2D eigenvalue weighted by Crippen LogP contribution is 2.29. The minimum absolute atomic E-state index is 0.555. The van der Waals surface area contributed by atoms with Crippen LogP contribution in [-0.4, -0.2) is 49.8 Å². The molecule has 1 aliphatic carbocycles. The smallest absolute Gasteiger partial charge is 0.0730 e. The summed E-state index contributed by atoms with van der Waals surface area (Å²) in [4.78, 5) is 2.73. The molecule has 3 unspecified atom stereocenters. The molecule has 2 aliphatic heterocycles. The van der Waals surface area contributed by atoms with Crippen LogP contribution in [0.4, 0.5) is 0 Å². The molecule has 3 nitrogen and oxygen atoms in total. The van der Waals surface area contributed by atoms with Crippen LogP contribution in [0.15, 0.2) is 0 Å². The van der Waals surface area contributed by atoms with E-state index in [2.05, 4.69) is 10.2 Å². The van der Waals surface area contributed by atoms with E-state index < -0.39 is 0 Å². The predicted molar refractivity (Wildman–Crippen MR) is 69.2 cm³/mol. The lowest BCUT2D eigenvalue weighted by molar-refractivity contribution is -0.0889. The zero-order valence-corrected chi connectivity index (χ0v) is 10.9. The molecule has 1 saturated carbocycles. The van der Waals surface area contributed by atoms with Gasteiger partial charge in [-0.2, -0.15) is 0 Å². The van der Waals surface area contributed by atoms with Gasteiger partial charge in [-0.1, -0.05) is 12.8 Å². The Morgan fingerprint density at radius 1 is 1.18 bits per heavy atom. The quantitative estimate of drug-likeness (QED) is 0.809. The van der Waals surface area contributed by atoms with Gasteiger partial charge in [0.1, 0.15) is 0 Å². The third kappa shape index (κ3) is 2.83. The molecule has 17 heavy (non-hydrogen) atoms. The number of hydrogen-bond acceptors (Lipinski definition) is 3. The van der Waals surface area contributed by atoms with Crippen molar-refractivity contribution in [3.63, 3.8) is 0 Å². The molecule has 3 fully saturated rings. The van der Waals surface area contributed by atoms with E-state index in [1.165, 1.54) is 64.7 Å². The molecule has 2 saturated heterocycles. The summed E-state index contributed by atoms with van der Waals surface area (Å²) in [7, 11) is 0. The average Bonchev–Trinajstić information content (AvgIpc) is 2.89. The molecule has 98 valence electrons. The Kier molecular flexibility index (Phi) is 3.99. The monoisotopic (exact) mass is 238 g/mol. The Morgan fingerprint density at radius 2 is 2.12 bits per heavy atom. The summed E-state index contributed by atoms with van der Waals surface area (Å²) in [5, 5.41) is 3.47. The molecular formula is C14H26N2O. The first kappa shape index (κ1) is 11.9. The SMILES string of the molecule is C1CCC2C(C1)OCCN2CCC1CCNC1. The van der Waals surface area contributed by atoms with E-state index in [9.17, 15) is 0 Å². The first-order valence-electron chi connectivity index (χ1n) is 7.50. The molecule has 0 amide bonds. The maximum Gasteiger partial charge on any atom is 0.0730 e. The van der Waals surface area contributed by atoms with Crippen LogP contribution >= 0.6 is 0 Å². The number of ether oxygens (including phenoxy) is 1. The number of hydrogen-bond donors (Lipinski definition) is 1. The number of rotatable bonds is 3. The molecule has 0 radical (unpaired) electrons. The largest absolute Gasteiger partial charge is 0.375 e. The second-order valence-corrected chi connectivity index (χ2v) is 5.94. The molecule has 3 heteroatoms. The van der Waals surface area contributed by atoms with Crippen molar-refractivity contribution in [1.29, 1.82) is 0 Å².